The zero-order valence-corrected chi connectivity index (χ0v) is 15.8. The smallest absolute Gasteiger partial charge is 0.329 e. The Kier molecular flexibility index (Phi) is 4.85. The van der Waals surface area contributed by atoms with Gasteiger partial charge in [-0.15, -0.1) is 0 Å². The molecule has 1 aromatic carbocycles. The monoisotopic (exact) mass is 424 g/mol. The van der Waals surface area contributed by atoms with Crippen LogP contribution in [0.1, 0.15) is 12.8 Å². The van der Waals surface area contributed by atoms with Gasteiger partial charge in [0.1, 0.15) is 18.1 Å². The van der Waals surface area contributed by atoms with E-state index in [1.807, 2.05) is 0 Å². The first-order chi connectivity index (χ1) is 13.8. The van der Waals surface area contributed by atoms with Gasteiger partial charge in [-0.3, -0.25) is 14.2 Å². The van der Waals surface area contributed by atoms with E-state index in [2.05, 4.69) is 4.98 Å². The van der Waals surface area contributed by atoms with E-state index in [-0.39, 0.29) is 24.9 Å². The van der Waals surface area contributed by atoms with Crippen molar-refractivity contribution in [1.82, 2.24) is 19.0 Å². The Hall–Kier alpha value is -2.81. The Morgan fingerprint density at radius 3 is 2.62 bits per heavy atom. The van der Waals surface area contributed by atoms with Crippen molar-refractivity contribution in [1.29, 1.82) is 0 Å². The first kappa shape index (κ1) is 19.5. The molecule has 10 heteroatoms. The van der Waals surface area contributed by atoms with Crippen molar-refractivity contribution < 1.29 is 18.0 Å². The molecule has 3 aromatic rings. The van der Waals surface area contributed by atoms with Crippen LogP contribution in [0.3, 0.4) is 0 Å². The van der Waals surface area contributed by atoms with E-state index in [1.54, 1.807) is 41.1 Å². The predicted molar refractivity (Wildman–Crippen MR) is 101 cm³/mol. The standard InChI is InChI=1S/C19H16ClF3N4O2/c20-12-3-5-13(6-4-12)26-9-7-14-17(26)18(29)25(11-24-14)10-16(28)27-8-1-2-15(27)19(21,22)23/h3-7,9,11,15H,1-2,8,10H2. The molecule has 152 valence electrons. The van der Waals surface area contributed by atoms with Crippen LogP contribution in [0.2, 0.25) is 5.02 Å². The highest BCUT2D eigenvalue weighted by molar-refractivity contribution is 6.30. The van der Waals surface area contributed by atoms with Gasteiger partial charge in [-0.25, -0.2) is 4.98 Å². The number of aromatic nitrogens is 3. The average molecular weight is 425 g/mol. The molecular weight excluding hydrogens is 409 g/mol. The molecule has 29 heavy (non-hydrogen) atoms. The molecule has 1 fully saturated rings. The van der Waals surface area contributed by atoms with Crippen LogP contribution in [-0.4, -0.2) is 43.7 Å². The van der Waals surface area contributed by atoms with Gasteiger partial charge in [0.2, 0.25) is 5.91 Å². The van der Waals surface area contributed by atoms with Crippen molar-refractivity contribution in [2.75, 3.05) is 6.54 Å². The number of hydrogen-bond acceptors (Lipinski definition) is 3. The van der Waals surface area contributed by atoms with Crippen LogP contribution in [0.25, 0.3) is 16.7 Å². The van der Waals surface area contributed by atoms with Crippen LogP contribution in [-0.2, 0) is 11.3 Å². The lowest BCUT2D eigenvalue weighted by Crippen LogP contribution is -2.46. The van der Waals surface area contributed by atoms with Crippen LogP contribution >= 0.6 is 11.6 Å². The Morgan fingerprint density at radius 1 is 1.21 bits per heavy atom. The molecule has 1 unspecified atom stereocenters. The maximum absolute atomic E-state index is 13.1. The van der Waals surface area contributed by atoms with Crippen molar-refractivity contribution >= 4 is 28.5 Å². The van der Waals surface area contributed by atoms with Crippen molar-refractivity contribution in [2.24, 2.45) is 0 Å². The van der Waals surface area contributed by atoms with Gasteiger partial charge in [-0.2, -0.15) is 13.2 Å². The van der Waals surface area contributed by atoms with E-state index in [9.17, 15) is 22.8 Å². The molecule has 2 aromatic heterocycles. The maximum Gasteiger partial charge on any atom is 0.408 e. The lowest BCUT2D eigenvalue weighted by atomic mass is 10.2. The molecule has 1 atom stereocenters. The number of amides is 1. The molecular formula is C19H16ClF3N4O2. The normalized spacial score (nSPS) is 17.2. The lowest BCUT2D eigenvalue weighted by molar-refractivity contribution is -0.183. The Bertz CT molecular complexity index is 1120. The van der Waals surface area contributed by atoms with Gasteiger partial charge in [0.15, 0.2) is 0 Å². The minimum Gasteiger partial charge on any atom is -0.329 e. The molecule has 1 saturated heterocycles. The van der Waals surface area contributed by atoms with Crippen LogP contribution in [0.5, 0.6) is 0 Å². The fraction of sp³-hybridized carbons (Fsp3) is 0.316. The molecule has 0 radical (unpaired) electrons. The third kappa shape index (κ3) is 3.62. The Balaban J connectivity index is 1.68. The summed E-state index contributed by atoms with van der Waals surface area (Å²) < 4.78 is 42.1. The second-order valence-corrected chi connectivity index (χ2v) is 7.30. The van der Waals surface area contributed by atoms with E-state index in [4.69, 9.17) is 11.6 Å². The highest BCUT2D eigenvalue weighted by Gasteiger charge is 2.47. The maximum atomic E-state index is 13.1. The first-order valence-electron chi connectivity index (χ1n) is 8.94. The highest BCUT2D eigenvalue weighted by Crippen LogP contribution is 2.32. The SMILES string of the molecule is O=C(Cn1cnc2ccn(-c3ccc(Cl)cc3)c2c1=O)N1CCCC1C(F)(F)F. The molecule has 1 aliphatic rings. The molecule has 0 spiro atoms. The molecule has 3 heterocycles. The van der Waals surface area contributed by atoms with Crippen LogP contribution in [0.15, 0.2) is 47.7 Å². The minimum absolute atomic E-state index is 0.0224. The molecule has 0 aliphatic carbocycles. The summed E-state index contributed by atoms with van der Waals surface area (Å²) in [5.74, 6) is -0.752. The number of carbonyl (C=O) groups is 1. The number of alkyl halides is 3. The fourth-order valence-corrected chi connectivity index (χ4v) is 3.76. The number of rotatable bonds is 3. The minimum atomic E-state index is -4.48. The van der Waals surface area contributed by atoms with Crippen molar-refractivity contribution in [3.63, 3.8) is 0 Å². The van der Waals surface area contributed by atoms with Gasteiger partial charge in [-0.05, 0) is 43.2 Å². The Morgan fingerprint density at radius 2 is 1.93 bits per heavy atom. The van der Waals surface area contributed by atoms with Gasteiger partial charge >= 0.3 is 6.18 Å². The number of carbonyl (C=O) groups excluding carboxylic acids is 1. The molecule has 1 aliphatic heterocycles. The number of fused-ring (bicyclic) bond motifs is 1. The van der Waals surface area contributed by atoms with E-state index >= 15 is 0 Å². The second-order valence-electron chi connectivity index (χ2n) is 6.86. The summed E-state index contributed by atoms with van der Waals surface area (Å²) in [5, 5.41) is 0.538. The number of benzene rings is 1. The third-order valence-electron chi connectivity index (χ3n) is 5.03. The summed E-state index contributed by atoms with van der Waals surface area (Å²) in [4.78, 5) is 30.4. The zero-order valence-electron chi connectivity index (χ0n) is 15.1. The molecule has 1 amide bonds. The van der Waals surface area contributed by atoms with Gasteiger partial charge in [0.05, 0.1) is 11.8 Å². The molecule has 0 saturated carbocycles. The summed E-state index contributed by atoms with van der Waals surface area (Å²) in [6, 6.07) is 6.64. The first-order valence-corrected chi connectivity index (χ1v) is 9.32. The highest BCUT2D eigenvalue weighted by atomic mass is 35.5. The average Bonchev–Trinajstić information content (AvgIpc) is 3.32. The van der Waals surface area contributed by atoms with Gasteiger partial charge < -0.3 is 9.47 Å². The quantitative estimate of drug-likeness (QED) is 0.647. The van der Waals surface area contributed by atoms with Crippen molar-refractivity contribution in [3.8, 4) is 5.69 Å². The van der Waals surface area contributed by atoms with E-state index < -0.39 is 30.2 Å². The number of halogens is 4. The van der Waals surface area contributed by atoms with Crippen molar-refractivity contribution in [2.45, 2.75) is 31.6 Å². The number of nitrogens with zero attached hydrogens (tertiary/aromatic N) is 4. The lowest BCUT2D eigenvalue weighted by Gasteiger charge is -2.26. The van der Waals surface area contributed by atoms with Gasteiger partial charge in [-0.1, -0.05) is 11.6 Å². The second kappa shape index (κ2) is 7.22. The summed E-state index contributed by atoms with van der Waals surface area (Å²) in [6.07, 6.45) is -1.48. The summed E-state index contributed by atoms with van der Waals surface area (Å²) in [7, 11) is 0. The topological polar surface area (TPSA) is 60.1 Å². The number of likely N-dealkylation sites (tertiary alicyclic amines) is 1. The van der Waals surface area contributed by atoms with E-state index in [1.165, 1.54) is 6.33 Å². The Labute approximate surface area is 168 Å². The van der Waals surface area contributed by atoms with Crippen LogP contribution < -0.4 is 5.56 Å². The van der Waals surface area contributed by atoms with Gasteiger partial charge in [0.25, 0.3) is 5.56 Å². The largest absolute Gasteiger partial charge is 0.408 e. The number of hydrogen-bond donors (Lipinski definition) is 0. The molecule has 0 N–H and O–H groups in total. The zero-order chi connectivity index (χ0) is 20.8. The van der Waals surface area contributed by atoms with E-state index in [0.717, 1.165) is 9.47 Å². The van der Waals surface area contributed by atoms with E-state index in [0.29, 0.717) is 16.2 Å². The molecule has 0 bridgehead atoms. The fourth-order valence-electron chi connectivity index (χ4n) is 3.63. The van der Waals surface area contributed by atoms with Crippen LogP contribution in [0, 0.1) is 0 Å². The predicted octanol–water partition coefficient (Wildman–Crippen LogP) is 3.39. The third-order valence-corrected chi connectivity index (χ3v) is 5.28. The van der Waals surface area contributed by atoms with Crippen LogP contribution in [0.4, 0.5) is 13.2 Å². The van der Waals surface area contributed by atoms with Crippen molar-refractivity contribution in [3.05, 3.63) is 58.2 Å². The molecule has 6 nitrogen and oxygen atoms in total. The molecule has 4 rings (SSSR count). The summed E-state index contributed by atoms with van der Waals surface area (Å²) in [6.45, 7) is -0.477. The van der Waals surface area contributed by atoms with Gasteiger partial charge in [0, 0.05) is 23.5 Å². The summed E-state index contributed by atoms with van der Waals surface area (Å²) in [5.41, 5.74) is 0.814. The summed E-state index contributed by atoms with van der Waals surface area (Å²) >= 11 is 5.90.